The SMILES string of the molecule is CCCCCCCCCCCCCCCCC(=O)OC[C@@H](COC(=O)CCCCCCCCCCCC)OC(=O)CCCCCCCCCCCCCCCCCC(C)C. The molecule has 0 aromatic heterocycles. The Morgan fingerprint density at radius 2 is 0.550 bits per heavy atom. The van der Waals surface area contributed by atoms with E-state index in [9.17, 15) is 14.4 Å². The molecule has 0 N–H and O–H groups in total. The molecule has 0 amide bonds. The van der Waals surface area contributed by atoms with Crippen molar-refractivity contribution >= 4 is 17.9 Å². The Morgan fingerprint density at radius 3 is 0.817 bits per heavy atom. The van der Waals surface area contributed by atoms with E-state index in [0.29, 0.717) is 19.3 Å². The maximum absolute atomic E-state index is 12.8. The molecule has 1 atom stereocenters. The molecule has 0 aliphatic heterocycles. The predicted octanol–water partition coefficient (Wildman–Crippen LogP) is 17.5. The molecule has 356 valence electrons. The summed E-state index contributed by atoms with van der Waals surface area (Å²) in [6, 6.07) is 0. The molecule has 0 saturated heterocycles. The Bertz CT molecular complexity index is 903. The molecule has 6 nitrogen and oxygen atoms in total. The van der Waals surface area contributed by atoms with E-state index in [4.69, 9.17) is 14.2 Å². The van der Waals surface area contributed by atoms with Gasteiger partial charge in [0.05, 0.1) is 0 Å². The lowest BCUT2D eigenvalue weighted by molar-refractivity contribution is -0.167. The van der Waals surface area contributed by atoms with Crippen LogP contribution in [-0.4, -0.2) is 37.2 Å². The van der Waals surface area contributed by atoms with E-state index < -0.39 is 6.10 Å². The van der Waals surface area contributed by atoms with Crippen molar-refractivity contribution in [3.8, 4) is 0 Å². The van der Waals surface area contributed by atoms with Crippen molar-refractivity contribution in [1.29, 1.82) is 0 Å². The van der Waals surface area contributed by atoms with Crippen LogP contribution in [0.15, 0.2) is 0 Å². The van der Waals surface area contributed by atoms with Crippen LogP contribution in [-0.2, 0) is 28.6 Å². The minimum Gasteiger partial charge on any atom is -0.462 e. The summed E-state index contributed by atoms with van der Waals surface area (Å²) in [6.45, 7) is 9.04. The molecular weight excluding hydrogens is 745 g/mol. The van der Waals surface area contributed by atoms with E-state index in [1.807, 2.05) is 0 Å². The van der Waals surface area contributed by atoms with Gasteiger partial charge < -0.3 is 14.2 Å². The minimum absolute atomic E-state index is 0.0623. The topological polar surface area (TPSA) is 78.9 Å². The molecule has 0 unspecified atom stereocenters. The second-order valence-corrected chi connectivity index (χ2v) is 19.0. The zero-order valence-corrected chi connectivity index (χ0v) is 40.9. The van der Waals surface area contributed by atoms with Crippen molar-refractivity contribution in [1.82, 2.24) is 0 Å². The van der Waals surface area contributed by atoms with Crippen LogP contribution in [0.25, 0.3) is 0 Å². The van der Waals surface area contributed by atoms with Crippen molar-refractivity contribution in [3.63, 3.8) is 0 Å². The number of ether oxygens (including phenoxy) is 3. The van der Waals surface area contributed by atoms with E-state index in [-0.39, 0.29) is 31.1 Å². The van der Waals surface area contributed by atoms with Crippen molar-refractivity contribution in [2.75, 3.05) is 13.2 Å². The van der Waals surface area contributed by atoms with Gasteiger partial charge in [-0.05, 0) is 25.2 Å². The van der Waals surface area contributed by atoms with Gasteiger partial charge in [-0.2, -0.15) is 0 Å². The van der Waals surface area contributed by atoms with Gasteiger partial charge in [-0.15, -0.1) is 0 Å². The standard InChI is InChI=1S/C54H104O6/c1-5-7-9-11-13-15-17-18-23-26-30-34-38-42-46-53(56)59-49-51(48-58-52(55)45-41-37-33-29-16-14-12-10-8-6-2)60-54(57)47-43-39-35-31-27-24-21-19-20-22-25-28-32-36-40-44-50(3)4/h50-51H,5-49H2,1-4H3/t51-/m1/s1. The van der Waals surface area contributed by atoms with Gasteiger partial charge in [-0.1, -0.05) is 265 Å². The number of carbonyl (C=O) groups is 3. The van der Waals surface area contributed by atoms with E-state index in [1.54, 1.807) is 0 Å². The molecular formula is C54H104O6. The highest BCUT2D eigenvalue weighted by Gasteiger charge is 2.19. The average molecular weight is 849 g/mol. The Labute approximate surface area is 374 Å². The van der Waals surface area contributed by atoms with Crippen LogP contribution in [0.2, 0.25) is 0 Å². The third kappa shape index (κ3) is 47.5. The molecule has 0 aliphatic carbocycles. The van der Waals surface area contributed by atoms with Gasteiger partial charge in [-0.3, -0.25) is 14.4 Å². The number of hydrogen-bond donors (Lipinski definition) is 0. The summed E-state index contributed by atoms with van der Waals surface area (Å²) in [5, 5.41) is 0. The predicted molar refractivity (Wildman–Crippen MR) is 257 cm³/mol. The van der Waals surface area contributed by atoms with E-state index in [0.717, 1.165) is 63.7 Å². The van der Waals surface area contributed by atoms with E-state index in [2.05, 4.69) is 27.7 Å². The van der Waals surface area contributed by atoms with Gasteiger partial charge >= 0.3 is 17.9 Å². The summed E-state index contributed by atoms with van der Waals surface area (Å²) in [5.41, 5.74) is 0. The van der Waals surface area contributed by atoms with Crippen LogP contribution in [0.4, 0.5) is 0 Å². The largest absolute Gasteiger partial charge is 0.462 e. The molecule has 0 aliphatic rings. The van der Waals surface area contributed by atoms with Gasteiger partial charge in [0.25, 0.3) is 0 Å². The second kappa shape index (κ2) is 48.4. The average Bonchev–Trinajstić information content (AvgIpc) is 3.23. The van der Waals surface area contributed by atoms with Crippen LogP contribution >= 0.6 is 0 Å². The molecule has 0 rings (SSSR count). The zero-order chi connectivity index (χ0) is 43.8. The van der Waals surface area contributed by atoms with Gasteiger partial charge in [-0.25, -0.2) is 0 Å². The Hall–Kier alpha value is -1.59. The summed E-state index contributed by atoms with van der Waals surface area (Å²) in [4.78, 5) is 37.9. The lowest BCUT2D eigenvalue weighted by atomic mass is 10.0. The third-order valence-electron chi connectivity index (χ3n) is 12.3. The van der Waals surface area contributed by atoms with Gasteiger partial charge in [0, 0.05) is 19.3 Å². The normalized spacial score (nSPS) is 11.9. The van der Waals surface area contributed by atoms with Crippen LogP contribution in [0.3, 0.4) is 0 Å². The van der Waals surface area contributed by atoms with Gasteiger partial charge in [0.15, 0.2) is 6.10 Å². The van der Waals surface area contributed by atoms with E-state index in [1.165, 1.54) is 199 Å². The Balaban J connectivity index is 4.26. The molecule has 0 aromatic carbocycles. The maximum atomic E-state index is 12.8. The van der Waals surface area contributed by atoms with Crippen LogP contribution < -0.4 is 0 Å². The third-order valence-corrected chi connectivity index (χ3v) is 12.3. The summed E-state index contributed by atoms with van der Waals surface area (Å²) in [5.74, 6) is 0.00570. The monoisotopic (exact) mass is 849 g/mol. The Morgan fingerprint density at radius 1 is 0.317 bits per heavy atom. The lowest BCUT2D eigenvalue weighted by Crippen LogP contribution is -2.30. The molecule has 0 radical (unpaired) electrons. The smallest absolute Gasteiger partial charge is 0.306 e. The highest BCUT2D eigenvalue weighted by atomic mass is 16.6. The number of rotatable bonds is 49. The molecule has 60 heavy (non-hydrogen) atoms. The van der Waals surface area contributed by atoms with Crippen LogP contribution in [0.1, 0.15) is 304 Å². The molecule has 0 heterocycles. The Kier molecular flexibility index (Phi) is 47.2. The van der Waals surface area contributed by atoms with Crippen molar-refractivity contribution in [3.05, 3.63) is 0 Å². The molecule has 0 saturated carbocycles. The molecule has 6 heteroatoms. The second-order valence-electron chi connectivity index (χ2n) is 19.0. The highest BCUT2D eigenvalue weighted by molar-refractivity contribution is 5.71. The van der Waals surface area contributed by atoms with Gasteiger partial charge in [0.1, 0.15) is 13.2 Å². The number of carbonyl (C=O) groups excluding carboxylic acids is 3. The fourth-order valence-corrected chi connectivity index (χ4v) is 8.22. The van der Waals surface area contributed by atoms with E-state index >= 15 is 0 Å². The van der Waals surface area contributed by atoms with Gasteiger partial charge in [0.2, 0.25) is 0 Å². The fourth-order valence-electron chi connectivity index (χ4n) is 8.22. The summed E-state index contributed by atoms with van der Waals surface area (Å²) < 4.78 is 16.8. The molecule has 0 fully saturated rings. The first-order valence-electron chi connectivity index (χ1n) is 26.9. The number of unbranched alkanes of at least 4 members (excludes halogenated alkanes) is 36. The van der Waals surface area contributed by atoms with Crippen LogP contribution in [0, 0.1) is 5.92 Å². The first-order chi connectivity index (χ1) is 29.4. The van der Waals surface area contributed by atoms with Crippen molar-refractivity contribution in [2.24, 2.45) is 5.92 Å². The zero-order valence-electron chi connectivity index (χ0n) is 40.9. The minimum atomic E-state index is -0.760. The first-order valence-corrected chi connectivity index (χ1v) is 26.9. The number of esters is 3. The summed E-state index contributed by atoms with van der Waals surface area (Å²) >= 11 is 0. The molecule has 0 aromatic rings. The van der Waals surface area contributed by atoms with Crippen molar-refractivity contribution < 1.29 is 28.6 Å². The molecule has 0 bridgehead atoms. The summed E-state index contributed by atoms with van der Waals surface area (Å²) in [7, 11) is 0. The highest BCUT2D eigenvalue weighted by Crippen LogP contribution is 2.17. The molecule has 0 spiro atoms. The summed E-state index contributed by atoms with van der Waals surface area (Å²) in [6.07, 6.45) is 50.9. The lowest BCUT2D eigenvalue weighted by Gasteiger charge is -2.18. The van der Waals surface area contributed by atoms with Crippen molar-refractivity contribution in [2.45, 2.75) is 310 Å². The van der Waals surface area contributed by atoms with Crippen LogP contribution in [0.5, 0.6) is 0 Å². The maximum Gasteiger partial charge on any atom is 0.306 e. The quantitative estimate of drug-likeness (QED) is 0.0345. The fraction of sp³-hybridized carbons (Fsp3) is 0.944. The number of hydrogen-bond acceptors (Lipinski definition) is 6. The first kappa shape index (κ1) is 58.4.